The van der Waals surface area contributed by atoms with Gasteiger partial charge in [-0.1, -0.05) is 51.5 Å². The van der Waals surface area contributed by atoms with Gasteiger partial charge >= 0.3 is 0 Å². The normalized spacial score (nSPS) is 20.5. The average Bonchev–Trinajstić information content (AvgIpc) is 2.76. The summed E-state index contributed by atoms with van der Waals surface area (Å²) in [6.45, 7) is 13.1. The van der Waals surface area contributed by atoms with Crippen LogP contribution in [0.3, 0.4) is 0 Å². The lowest BCUT2D eigenvalue weighted by Gasteiger charge is -2.30. The van der Waals surface area contributed by atoms with Crippen molar-refractivity contribution >= 4 is 40.7 Å². The zero-order valence-corrected chi connectivity index (χ0v) is 22.3. The van der Waals surface area contributed by atoms with Crippen LogP contribution >= 0.6 is 24.0 Å². The highest BCUT2D eigenvalue weighted by Crippen LogP contribution is 2.23. The third-order valence-corrected chi connectivity index (χ3v) is 7.52. The van der Waals surface area contributed by atoms with Crippen molar-refractivity contribution in [3.63, 3.8) is 0 Å². The molecule has 1 aliphatic rings. The molecule has 1 aliphatic carbocycles. The van der Waals surface area contributed by atoms with E-state index in [0.717, 1.165) is 63.6 Å². The van der Waals surface area contributed by atoms with Gasteiger partial charge in [-0.2, -0.15) is 0 Å². The summed E-state index contributed by atoms with van der Waals surface area (Å²) in [4.78, 5) is 7.32. The fourth-order valence-electron chi connectivity index (χ4n) is 3.98. The van der Waals surface area contributed by atoms with E-state index in [-0.39, 0.29) is 24.0 Å². The molecule has 2 rings (SSSR count). The number of guanidine groups is 1. The summed E-state index contributed by atoms with van der Waals surface area (Å²) in [5, 5.41) is 7.33. The van der Waals surface area contributed by atoms with E-state index in [1.54, 1.807) is 0 Å². The topological polar surface area (TPSA) is 56.7 Å². The number of benzene rings is 1. The second kappa shape index (κ2) is 15.2. The van der Waals surface area contributed by atoms with Gasteiger partial charge in [0.05, 0.1) is 6.54 Å². The van der Waals surface area contributed by atoms with Gasteiger partial charge in [0.15, 0.2) is 5.96 Å². The first-order chi connectivity index (χ1) is 14.1. The summed E-state index contributed by atoms with van der Waals surface area (Å²) in [6, 6.07) is 8.98. The molecule has 0 aliphatic heterocycles. The summed E-state index contributed by atoms with van der Waals surface area (Å²) in [5.74, 6) is 1.63. The zero-order valence-electron chi connectivity index (χ0n) is 19.2. The van der Waals surface area contributed by atoms with Crippen molar-refractivity contribution in [3.8, 4) is 0 Å². The Morgan fingerprint density at radius 2 is 1.83 bits per heavy atom. The molecule has 2 N–H and O–H groups in total. The molecule has 0 heterocycles. The van der Waals surface area contributed by atoms with Crippen LogP contribution in [0, 0.1) is 0 Å². The SMILES string of the molecule is CCNC(=NCc1ccccc1CN(CC)CC)NC1CCCC(S(=O)CC)C1.I. The van der Waals surface area contributed by atoms with Gasteiger partial charge in [0, 0.05) is 40.9 Å². The molecule has 172 valence electrons. The van der Waals surface area contributed by atoms with Gasteiger partial charge in [-0.25, -0.2) is 4.99 Å². The maximum absolute atomic E-state index is 12.2. The molecule has 3 atom stereocenters. The molecule has 30 heavy (non-hydrogen) atoms. The van der Waals surface area contributed by atoms with Gasteiger partial charge in [-0.3, -0.25) is 9.11 Å². The quantitative estimate of drug-likeness (QED) is 0.261. The molecule has 0 radical (unpaired) electrons. The number of hydrogen-bond acceptors (Lipinski definition) is 3. The van der Waals surface area contributed by atoms with Crippen LogP contribution in [0.2, 0.25) is 0 Å². The van der Waals surface area contributed by atoms with E-state index in [9.17, 15) is 4.21 Å². The number of halogens is 1. The van der Waals surface area contributed by atoms with Crippen LogP contribution in [0.15, 0.2) is 29.3 Å². The highest BCUT2D eigenvalue weighted by Gasteiger charge is 2.26. The Kier molecular flexibility index (Phi) is 13.9. The minimum atomic E-state index is -0.702. The van der Waals surface area contributed by atoms with E-state index in [2.05, 4.69) is 60.6 Å². The Hall–Kier alpha value is -0.670. The second-order valence-corrected chi connectivity index (χ2v) is 9.73. The van der Waals surface area contributed by atoms with Gasteiger partial charge in [0.2, 0.25) is 0 Å². The predicted molar refractivity (Wildman–Crippen MR) is 141 cm³/mol. The molecule has 1 aromatic carbocycles. The van der Waals surface area contributed by atoms with E-state index in [4.69, 9.17) is 4.99 Å². The first-order valence-electron chi connectivity index (χ1n) is 11.3. The lowest BCUT2D eigenvalue weighted by molar-refractivity contribution is 0.295. The Morgan fingerprint density at radius 3 is 2.47 bits per heavy atom. The van der Waals surface area contributed by atoms with E-state index < -0.39 is 10.8 Å². The average molecular weight is 549 g/mol. The molecule has 0 saturated heterocycles. The smallest absolute Gasteiger partial charge is 0.191 e. The van der Waals surface area contributed by atoms with Gasteiger partial charge in [0.1, 0.15) is 0 Å². The van der Waals surface area contributed by atoms with Crippen LogP contribution < -0.4 is 10.6 Å². The number of nitrogens with zero attached hydrogens (tertiary/aromatic N) is 2. The molecular weight excluding hydrogens is 507 g/mol. The number of hydrogen-bond donors (Lipinski definition) is 2. The van der Waals surface area contributed by atoms with E-state index in [0.29, 0.717) is 17.8 Å². The van der Waals surface area contributed by atoms with E-state index in [1.807, 2.05) is 6.92 Å². The lowest BCUT2D eigenvalue weighted by atomic mass is 9.95. The van der Waals surface area contributed by atoms with Gasteiger partial charge in [0.25, 0.3) is 0 Å². The Bertz CT molecular complexity index is 666. The summed E-state index contributed by atoms with van der Waals surface area (Å²) in [7, 11) is -0.702. The van der Waals surface area contributed by atoms with Crippen LogP contribution in [0.4, 0.5) is 0 Å². The zero-order chi connectivity index (χ0) is 21.1. The van der Waals surface area contributed by atoms with Crippen LogP contribution in [-0.4, -0.2) is 51.7 Å². The summed E-state index contributed by atoms with van der Waals surface area (Å²) in [5.41, 5.74) is 2.64. The molecule has 1 fully saturated rings. The molecule has 1 aromatic rings. The van der Waals surface area contributed by atoms with Gasteiger partial charge < -0.3 is 10.6 Å². The number of rotatable bonds is 10. The number of nitrogens with one attached hydrogen (secondary N) is 2. The van der Waals surface area contributed by atoms with Crippen molar-refractivity contribution in [1.82, 2.24) is 15.5 Å². The molecular formula is C23H41IN4OS. The molecule has 0 amide bonds. The predicted octanol–water partition coefficient (Wildman–Crippen LogP) is 4.28. The molecule has 7 heteroatoms. The molecule has 5 nitrogen and oxygen atoms in total. The standard InChI is InChI=1S/C23H40N4OS.HI/c1-5-24-23(26-21-14-11-15-22(16-21)29(28)8-4)25-17-19-12-9-10-13-20(19)18-27(6-2)7-3;/h9-10,12-13,21-22H,5-8,11,14-18H2,1-4H3,(H2,24,25,26);1H. The summed E-state index contributed by atoms with van der Waals surface area (Å²) < 4.78 is 12.2. The van der Waals surface area contributed by atoms with Crippen LogP contribution in [-0.2, 0) is 23.9 Å². The third kappa shape index (κ3) is 8.83. The Balaban J connectivity index is 0.00000450. The van der Waals surface area contributed by atoms with Crippen molar-refractivity contribution < 1.29 is 4.21 Å². The van der Waals surface area contributed by atoms with Crippen LogP contribution in [0.1, 0.15) is 64.5 Å². The fourth-order valence-corrected chi connectivity index (χ4v) is 5.33. The second-order valence-electron chi connectivity index (χ2n) is 7.72. The van der Waals surface area contributed by atoms with Crippen molar-refractivity contribution in [2.75, 3.05) is 25.4 Å². The molecule has 1 saturated carbocycles. The maximum Gasteiger partial charge on any atom is 0.191 e. The lowest BCUT2D eigenvalue weighted by Crippen LogP contribution is -2.46. The minimum Gasteiger partial charge on any atom is -0.357 e. The third-order valence-electron chi connectivity index (χ3n) is 5.78. The summed E-state index contributed by atoms with van der Waals surface area (Å²) in [6.07, 6.45) is 4.33. The molecule has 3 unspecified atom stereocenters. The van der Waals surface area contributed by atoms with Crippen molar-refractivity contribution in [1.29, 1.82) is 0 Å². The van der Waals surface area contributed by atoms with Gasteiger partial charge in [-0.15, -0.1) is 24.0 Å². The molecule has 0 spiro atoms. The maximum atomic E-state index is 12.2. The highest BCUT2D eigenvalue weighted by molar-refractivity contribution is 14.0. The van der Waals surface area contributed by atoms with E-state index >= 15 is 0 Å². The van der Waals surface area contributed by atoms with Crippen molar-refractivity contribution in [3.05, 3.63) is 35.4 Å². The van der Waals surface area contributed by atoms with Crippen molar-refractivity contribution in [2.45, 2.75) is 77.8 Å². The van der Waals surface area contributed by atoms with Crippen LogP contribution in [0.5, 0.6) is 0 Å². The monoisotopic (exact) mass is 548 g/mol. The Morgan fingerprint density at radius 1 is 1.13 bits per heavy atom. The highest BCUT2D eigenvalue weighted by atomic mass is 127. The fraction of sp³-hybridized carbons (Fsp3) is 0.696. The minimum absolute atomic E-state index is 0. The first kappa shape index (κ1) is 27.4. The number of aliphatic imine (C=N–C) groups is 1. The Labute approximate surface area is 203 Å². The van der Waals surface area contributed by atoms with Crippen LogP contribution in [0.25, 0.3) is 0 Å². The molecule has 0 bridgehead atoms. The van der Waals surface area contributed by atoms with E-state index in [1.165, 1.54) is 11.1 Å². The largest absolute Gasteiger partial charge is 0.357 e. The van der Waals surface area contributed by atoms with Crippen molar-refractivity contribution in [2.24, 2.45) is 4.99 Å². The first-order valence-corrected chi connectivity index (χ1v) is 12.7. The van der Waals surface area contributed by atoms with Gasteiger partial charge in [-0.05, 0) is 50.4 Å². The molecule has 0 aromatic heterocycles. The summed E-state index contributed by atoms with van der Waals surface area (Å²) >= 11 is 0.